The Morgan fingerprint density at radius 2 is 2.07 bits per heavy atom. The fraction of sp³-hybridized carbons (Fsp3) is 0.455. The van der Waals surface area contributed by atoms with Crippen LogP contribution in [0.1, 0.15) is 54.7 Å². The summed E-state index contributed by atoms with van der Waals surface area (Å²) in [6.45, 7) is 2.43. The summed E-state index contributed by atoms with van der Waals surface area (Å²) in [4.78, 5) is 13.2. The molecule has 1 aliphatic carbocycles. The first-order chi connectivity index (χ1) is 13.7. The Kier molecular flexibility index (Phi) is 5.54. The normalized spacial score (nSPS) is 24.1. The number of amides is 1. The van der Waals surface area contributed by atoms with E-state index >= 15 is 0 Å². The second kappa shape index (κ2) is 8.24. The Balaban J connectivity index is 1.50. The minimum absolute atomic E-state index is 0.150. The van der Waals surface area contributed by atoms with E-state index in [1.807, 2.05) is 36.4 Å². The fourth-order valence-corrected chi connectivity index (χ4v) is 5.49. The molecule has 2 aromatic rings. The summed E-state index contributed by atoms with van der Waals surface area (Å²) in [5.74, 6) is 0.835. The summed E-state index contributed by atoms with van der Waals surface area (Å²) >= 11 is 1.48. The molecule has 2 aliphatic rings. The van der Waals surface area contributed by atoms with Crippen molar-refractivity contribution in [2.45, 2.75) is 51.3 Å². The van der Waals surface area contributed by atoms with Gasteiger partial charge in [0.25, 0.3) is 0 Å². The summed E-state index contributed by atoms with van der Waals surface area (Å²) in [5.41, 5.74) is 1.96. The number of hydrogen-bond acceptors (Lipinski definition) is 5. The molecule has 1 aliphatic heterocycles. The van der Waals surface area contributed by atoms with Crippen LogP contribution in [0.25, 0.3) is 0 Å². The van der Waals surface area contributed by atoms with Crippen molar-refractivity contribution in [2.24, 2.45) is 11.8 Å². The van der Waals surface area contributed by atoms with Crippen LogP contribution < -0.4 is 10.6 Å². The molecule has 28 heavy (non-hydrogen) atoms. The molecular formula is C22H25N3O2S. The van der Waals surface area contributed by atoms with Crippen molar-refractivity contribution in [1.82, 2.24) is 5.32 Å². The maximum Gasteiger partial charge on any atom is 0.407 e. The van der Waals surface area contributed by atoms with Gasteiger partial charge in [0.2, 0.25) is 0 Å². The van der Waals surface area contributed by atoms with Gasteiger partial charge in [-0.05, 0) is 30.4 Å². The molecule has 0 radical (unpaired) electrons. The average Bonchev–Trinajstić information content (AvgIpc) is 3.38. The molecule has 1 amide bonds. The molecule has 1 fully saturated rings. The summed E-state index contributed by atoms with van der Waals surface area (Å²) < 4.78 is 5.46. The van der Waals surface area contributed by atoms with E-state index in [0.717, 1.165) is 16.1 Å². The monoisotopic (exact) mass is 395 g/mol. The molecule has 5 nitrogen and oxygen atoms in total. The maximum atomic E-state index is 12.5. The van der Waals surface area contributed by atoms with Crippen LogP contribution in [-0.4, -0.2) is 12.1 Å². The number of hydrogen-bond donors (Lipinski definition) is 2. The molecule has 3 atom stereocenters. The Hall–Kier alpha value is -2.52. The van der Waals surface area contributed by atoms with E-state index < -0.39 is 6.09 Å². The highest BCUT2D eigenvalue weighted by Crippen LogP contribution is 2.46. The second-order valence-corrected chi connectivity index (χ2v) is 8.82. The number of nitriles is 1. The Bertz CT molecular complexity index is 868. The van der Waals surface area contributed by atoms with Gasteiger partial charge >= 0.3 is 6.09 Å². The van der Waals surface area contributed by atoms with Gasteiger partial charge < -0.3 is 15.4 Å². The van der Waals surface area contributed by atoms with Gasteiger partial charge in [0.1, 0.15) is 17.6 Å². The van der Waals surface area contributed by atoms with Crippen LogP contribution >= 0.6 is 11.3 Å². The highest BCUT2D eigenvalue weighted by molar-refractivity contribution is 7.16. The number of fused-ring (bicyclic) bond motifs is 1. The molecular weight excluding hydrogens is 370 g/mol. The van der Waals surface area contributed by atoms with Gasteiger partial charge in [0.15, 0.2) is 0 Å². The summed E-state index contributed by atoms with van der Waals surface area (Å²) in [6, 6.07) is 14.0. The molecule has 4 rings (SSSR count). The van der Waals surface area contributed by atoms with Crippen LogP contribution in [0.15, 0.2) is 36.4 Å². The van der Waals surface area contributed by atoms with E-state index in [1.54, 1.807) is 0 Å². The average molecular weight is 396 g/mol. The van der Waals surface area contributed by atoms with Crippen molar-refractivity contribution in [3.8, 4) is 6.07 Å². The van der Waals surface area contributed by atoms with Crippen molar-refractivity contribution < 1.29 is 9.53 Å². The van der Waals surface area contributed by atoms with Gasteiger partial charge in [-0.1, -0.05) is 50.1 Å². The maximum absolute atomic E-state index is 12.5. The largest absolute Gasteiger partial charge is 0.445 e. The van der Waals surface area contributed by atoms with Crippen molar-refractivity contribution in [1.29, 1.82) is 5.26 Å². The zero-order valence-electron chi connectivity index (χ0n) is 16.0. The predicted octanol–water partition coefficient (Wildman–Crippen LogP) is 5.21. The quantitative estimate of drug-likeness (QED) is 0.745. The second-order valence-electron chi connectivity index (χ2n) is 7.76. The number of nitrogens with one attached hydrogen (secondary N) is 2. The van der Waals surface area contributed by atoms with E-state index in [4.69, 9.17) is 4.74 Å². The number of benzene rings is 1. The van der Waals surface area contributed by atoms with Gasteiger partial charge in [-0.2, -0.15) is 5.26 Å². The number of alkyl carbamates (subject to hydrolysis) is 1. The molecule has 0 spiro atoms. The zero-order valence-corrected chi connectivity index (χ0v) is 16.8. The minimum atomic E-state index is -0.413. The van der Waals surface area contributed by atoms with Crippen LogP contribution in [0.2, 0.25) is 0 Å². The third-order valence-corrected chi connectivity index (χ3v) is 6.98. The third kappa shape index (κ3) is 3.85. The Morgan fingerprint density at radius 1 is 1.32 bits per heavy atom. The van der Waals surface area contributed by atoms with E-state index in [1.165, 1.54) is 37.0 Å². The van der Waals surface area contributed by atoms with Gasteiger partial charge in [-0.25, -0.2) is 4.79 Å². The first kappa shape index (κ1) is 18.8. The van der Waals surface area contributed by atoms with Crippen LogP contribution in [-0.2, 0) is 11.3 Å². The lowest BCUT2D eigenvalue weighted by Gasteiger charge is -2.40. The van der Waals surface area contributed by atoms with E-state index in [0.29, 0.717) is 16.8 Å². The minimum Gasteiger partial charge on any atom is -0.445 e. The van der Waals surface area contributed by atoms with Crippen molar-refractivity contribution in [3.05, 3.63) is 52.4 Å². The van der Waals surface area contributed by atoms with Crippen LogP contribution in [0, 0.1) is 23.2 Å². The molecule has 2 N–H and O–H groups in total. The molecule has 1 aromatic carbocycles. The first-order valence-electron chi connectivity index (χ1n) is 9.93. The molecule has 1 saturated carbocycles. The number of carbonyl (C=O) groups is 1. The number of nitrogens with zero attached hydrogens (tertiary/aromatic N) is 1. The van der Waals surface area contributed by atoms with Gasteiger partial charge in [-0.3, -0.25) is 0 Å². The molecule has 1 unspecified atom stereocenters. The van der Waals surface area contributed by atoms with Crippen molar-refractivity contribution in [2.75, 3.05) is 5.32 Å². The number of thiophene rings is 1. The number of rotatable bonds is 4. The highest BCUT2D eigenvalue weighted by Gasteiger charge is 2.40. The molecule has 146 valence electrons. The summed E-state index contributed by atoms with van der Waals surface area (Å²) in [6.07, 6.45) is 4.57. The van der Waals surface area contributed by atoms with Crippen LogP contribution in [0.5, 0.6) is 0 Å². The summed E-state index contributed by atoms with van der Waals surface area (Å²) in [7, 11) is 0. The lowest BCUT2D eigenvalue weighted by Crippen LogP contribution is -2.46. The first-order valence-corrected chi connectivity index (χ1v) is 10.7. The fourth-order valence-electron chi connectivity index (χ4n) is 4.54. The topological polar surface area (TPSA) is 74.1 Å². The lowest BCUT2D eigenvalue weighted by atomic mass is 9.79. The third-order valence-electron chi connectivity index (χ3n) is 5.99. The van der Waals surface area contributed by atoms with Gasteiger partial charge in [0, 0.05) is 17.5 Å². The number of carbonyl (C=O) groups excluding carboxylic acids is 1. The zero-order chi connectivity index (χ0) is 19.5. The lowest BCUT2D eigenvalue weighted by molar-refractivity contribution is 0.129. The van der Waals surface area contributed by atoms with Crippen molar-refractivity contribution >= 4 is 22.4 Å². The van der Waals surface area contributed by atoms with E-state index in [9.17, 15) is 10.1 Å². The van der Waals surface area contributed by atoms with E-state index in [-0.39, 0.29) is 18.6 Å². The SMILES string of the molecule is C[C@@H]1C(NC(=O)OCc2ccccc2)c2cc(C#N)sc2N[C@H]1C1CCCC1. The predicted molar refractivity (Wildman–Crippen MR) is 110 cm³/mol. The number of ether oxygens (including phenoxy) is 1. The van der Waals surface area contributed by atoms with Gasteiger partial charge in [-0.15, -0.1) is 11.3 Å². The smallest absolute Gasteiger partial charge is 0.407 e. The van der Waals surface area contributed by atoms with Crippen LogP contribution in [0.3, 0.4) is 0 Å². The Labute approximate surface area is 169 Å². The van der Waals surface area contributed by atoms with E-state index in [2.05, 4.69) is 23.6 Å². The molecule has 0 bridgehead atoms. The van der Waals surface area contributed by atoms with Crippen molar-refractivity contribution in [3.63, 3.8) is 0 Å². The standard InChI is InChI=1S/C22H25N3O2S/c1-14-19(16-9-5-6-10-16)24-21-18(11-17(12-23)28-21)20(14)25-22(26)27-13-15-7-3-2-4-8-15/h2-4,7-8,11,14,16,19-20,24H,5-6,9-10,13H2,1H3,(H,25,26)/t14-,19+,20?/m0/s1. The Morgan fingerprint density at radius 3 is 2.79 bits per heavy atom. The molecule has 1 aromatic heterocycles. The summed E-state index contributed by atoms with van der Waals surface area (Å²) in [5, 5.41) is 17.1. The number of anilines is 1. The molecule has 0 saturated heterocycles. The van der Waals surface area contributed by atoms with Gasteiger partial charge in [0.05, 0.1) is 11.0 Å². The highest BCUT2D eigenvalue weighted by atomic mass is 32.1. The molecule has 6 heteroatoms. The molecule has 2 heterocycles. The van der Waals surface area contributed by atoms with Crippen LogP contribution in [0.4, 0.5) is 9.80 Å².